The summed E-state index contributed by atoms with van der Waals surface area (Å²) in [6.07, 6.45) is 7.97. The number of carbonyl (C=O) groups excluding carboxylic acids is 1. The van der Waals surface area contributed by atoms with Gasteiger partial charge in [-0.15, -0.1) is 0 Å². The summed E-state index contributed by atoms with van der Waals surface area (Å²) in [5.74, 6) is -0.113. The summed E-state index contributed by atoms with van der Waals surface area (Å²) >= 11 is 0. The Hall–Kier alpha value is -0.890. The normalized spacial score (nSPS) is 31.6. The molecule has 0 aromatic heterocycles. The molecular formula is C9H12O2. The first-order valence-corrected chi connectivity index (χ1v) is 3.70. The van der Waals surface area contributed by atoms with Crippen molar-refractivity contribution in [1.29, 1.82) is 0 Å². The standard InChI is InChI=1S/C9H12O2/c1-9(11)7-5-3-2-4-6-8(9)10/h2-5,11H,6-7H2,1H3. The minimum absolute atomic E-state index is 0.113. The molecule has 0 aromatic carbocycles. The van der Waals surface area contributed by atoms with Crippen molar-refractivity contribution in [3.05, 3.63) is 24.3 Å². The van der Waals surface area contributed by atoms with E-state index in [1.54, 1.807) is 19.1 Å². The third kappa shape index (κ3) is 2.02. The first kappa shape index (κ1) is 8.21. The molecule has 2 heteroatoms. The average molecular weight is 152 g/mol. The molecule has 0 bridgehead atoms. The van der Waals surface area contributed by atoms with Crippen molar-refractivity contribution in [1.82, 2.24) is 0 Å². The molecule has 2 nitrogen and oxygen atoms in total. The van der Waals surface area contributed by atoms with Gasteiger partial charge < -0.3 is 5.11 Å². The van der Waals surface area contributed by atoms with Crippen LogP contribution in [0, 0.1) is 0 Å². The number of ketones is 1. The molecule has 1 aliphatic rings. The van der Waals surface area contributed by atoms with Gasteiger partial charge in [0.15, 0.2) is 5.78 Å². The summed E-state index contributed by atoms with van der Waals surface area (Å²) in [6.45, 7) is 1.55. The first-order valence-electron chi connectivity index (χ1n) is 3.70. The van der Waals surface area contributed by atoms with Crippen molar-refractivity contribution in [2.75, 3.05) is 0 Å². The van der Waals surface area contributed by atoms with E-state index < -0.39 is 5.60 Å². The second-order valence-electron chi connectivity index (χ2n) is 2.96. The van der Waals surface area contributed by atoms with Crippen molar-refractivity contribution >= 4 is 5.78 Å². The Morgan fingerprint density at radius 2 is 2.09 bits per heavy atom. The Balaban J connectivity index is 2.77. The number of rotatable bonds is 0. The number of carbonyl (C=O) groups is 1. The van der Waals surface area contributed by atoms with E-state index in [0.717, 1.165) is 0 Å². The highest BCUT2D eigenvalue weighted by atomic mass is 16.3. The van der Waals surface area contributed by atoms with E-state index >= 15 is 0 Å². The molecular weight excluding hydrogens is 140 g/mol. The molecule has 1 atom stereocenters. The van der Waals surface area contributed by atoms with Crippen LogP contribution in [0.2, 0.25) is 0 Å². The Labute approximate surface area is 66.2 Å². The van der Waals surface area contributed by atoms with Crippen LogP contribution in [0.3, 0.4) is 0 Å². The van der Waals surface area contributed by atoms with E-state index in [0.29, 0.717) is 12.8 Å². The molecule has 0 saturated heterocycles. The monoisotopic (exact) mass is 152 g/mol. The SMILES string of the molecule is CC1(O)CC=CC=CCC1=O. The molecule has 0 heterocycles. The zero-order chi connectivity index (χ0) is 8.32. The number of allylic oxidation sites excluding steroid dienone is 3. The van der Waals surface area contributed by atoms with E-state index in [2.05, 4.69) is 0 Å². The largest absolute Gasteiger partial charge is 0.382 e. The summed E-state index contributed by atoms with van der Waals surface area (Å²) in [6, 6.07) is 0. The molecule has 1 N–H and O–H groups in total. The molecule has 0 aromatic rings. The molecule has 1 unspecified atom stereocenters. The fourth-order valence-electron chi connectivity index (χ4n) is 0.963. The summed E-state index contributed by atoms with van der Waals surface area (Å²) in [5, 5.41) is 9.51. The number of hydrogen-bond acceptors (Lipinski definition) is 2. The number of Topliss-reactive ketones (excluding diaryl/α,β-unsaturated/α-hetero) is 1. The highest BCUT2D eigenvalue weighted by Gasteiger charge is 2.27. The molecule has 0 amide bonds. The minimum atomic E-state index is -1.17. The predicted octanol–water partition coefficient (Wildman–Crippen LogP) is 1.21. The van der Waals surface area contributed by atoms with Gasteiger partial charge in [-0.1, -0.05) is 24.3 Å². The zero-order valence-electron chi connectivity index (χ0n) is 6.58. The minimum Gasteiger partial charge on any atom is -0.382 e. The number of aliphatic hydroxyl groups is 1. The van der Waals surface area contributed by atoms with Crippen LogP contribution in [-0.2, 0) is 4.79 Å². The molecule has 0 radical (unpaired) electrons. The van der Waals surface area contributed by atoms with Crippen molar-refractivity contribution < 1.29 is 9.90 Å². The molecule has 60 valence electrons. The summed E-state index contributed by atoms with van der Waals surface area (Å²) in [4.78, 5) is 11.2. The fraction of sp³-hybridized carbons (Fsp3) is 0.444. The Kier molecular flexibility index (Phi) is 2.25. The van der Waals surface area contributed by atoms with Crippen molar-refractivity contribution in [2.24, 2.45) is 0 Å². The van der Waals surface area contributed by atoms with E-state index in [1.165, 1.54) is 0 Å². The lowest BCUT2D eigenvalue weighted by atomic mass is 9.93. The maximum atomic E-state index is 11.2. The summed E-state index contributed by atoms with van der Waals surface area (Å²) in [5.41, 5.74) is -1.17. The van der Waals surface area contributed by atoms with Crippen LogP contribution in [0.1, 0.15) is 19.8 Å². The van der Waals surface area contributed by atoms with Crippen molar-refractivity contribution in [3.8, 4) is 0 Å². The Morgan fingerprint density at radius 3 is 2.82 bits per heavy atom. The predicted molar refractivity (Wildman–Crippen MR) is 43.1 cm³/mol. The van der Waals surface area contributed by atoms with Gasteiger partial charge in [0, 0.05) is 12.8 Å². The second kappa shape index (κ2) is 3.01. The zero-order valence-corrected chi connectivity index (χ0v) is 6.58. The lowest BCUT2D eigenvalue weighted by molar-refractivity contribution is -0.134. The van der Waals surface area contributed by atoms with E-state index in [9.17, 15) is 9.90 Å². The van der Waals surface area contributed by atoms with Crippen LogP contribution in [-0.4, -0.2) is 16.5 Å². The van der Waals surface area contributed by atoms with Crippen LogP contribution in [0.15, 0.2) is 24.3 Å². The maximum Gasteiger partial charge on any atom is 0.168 e. The smallest absolute Gasteiger partial charge is 0.168 e. The third-order valence-electron chi connectivity index (χ3n) is 1.80. The molecule has 0 fully saturated rings. The Bertz CT molecular complexity index is 212. The van der Waals surface area contributed by atoms with Gasteiger partial charge >= 0.3 is 0 Å². The van der Waals surface area contributed by atoms with Gasteiger partial charge in [-0.2, -0.15) is 0 Å². The highest BCUT2D eigenvalue weighted by Crippen LogP contribution is 2.15. The third-order valence-corrected chi connectivity index (χ3v) is 1.80. The van der Waals surface area contributed by atoms with Crippen LogP contribution >= 0.6 is 0 Å². The van der Waals surface area contributed by atoms with Gasteiger partial charge in [-0.05, 0) is 6.92 Å². The quantitative estimate of drug-likeness (QED) is 0.566. The van der Waals surface area contributed by atoms with Crippen LogP contribution in [0.25, 0.3) is 0 Å². The molecule has 0 spiro atoms. The molecule has 11 heavy (non-hydrogen) atoms. The first-order chi connectivity index (χ1) is 5.13. The van der Waals surface area contributed by atoms with Crippen molar-refractivity contribution in [2.45, 2.75) is 25.4 Å². The molecule has 1 aliphatic carbocycles. The molecule has 0 aliphatic heterocycles. The van der Waals surface area contributed by atoms with E-state index in [1.807, 2.05) is 12.2 Å². The van der Waals surface area contributed by atoms with Crippen molar-refractivity contribution in [3.63, 3.8) is 0 Å². The maximum absolute atomic E-state index is 11.2. The Morgan fingerprint density at radius 1 is 1.45 bits per heavy atom. The highest BCUT2D eigenvalue weighted by molar-refractivity contribution is 5.88. The molecule has 0 saturated carbocycles. The van der Waals surface area contributed by atoms with Gasteiger partial charge in [0.1, 0.15) is 5.60 Å². The second-order valence-corrected chi connectivity index (χ2v) is 2.96. The lowest BCUT2D eigenvalue weighted by Gasteiger charge is -2.19. The van der Waals surface area contributed by atoms with Crippen LogP contribution in [0.5, 0.6) is 0 Å². The molecule has 1 rings (SSSR count). The lowest BCUT2D eigenvalue weighted by Crippen LogP contribution is -2.34. The van der Waals surface area contributed by atoms with Gasteiger partial charge in [0.25, 0.3) is 0 Å². The van der Waals surface area contributed by atoms with Gasteiger partial charge in [0.2, 0.25) is 0 Å². The average Bonchev–Trinajstić information content (AvgIpc) is 1.93. The van der Waals surface area contributed by atoms with Crippen LogP contribution < -0.4 is 0 Å². The van der Waals surface area contributed by atoms with Gasteiger partial charge in [-0.25, -0.2) is 0 Å². The van der Waals surface area contributed by atoms with Gasteiger partial charge in [0.05, 0.1) is 0 Å². The fourth-order valence-corrected chi connectivity index (χ4v) is 0.963. The summed E-state index contributed by atoms with van der Waals surface area (Å²) in [7, 11) is 0. The summed E-state index contributed by atoms with van der Waals surface area (Å²) < 4.78 is 0. The van der Waals surface area contributed by atoms with E-state index in [4.69, 9.17) is 0 Å². The topological polar surface area (TPSA) is 37.3 Å². The van der Waals surface area contributed by atoms with Crippen LogP contribution in [0.4, 0.5) is 0 Å². The van der Waals surface area contributed by atoms with Gasteiger partial charge in [-0.3, -0.25) is 4.79 Å². The number of hydrogen-bond donors (Lipinski definition) is 1. The van der Waals surface area contributed by atoms with E-state index in [-0.39, 0.29) is 5.78 Å².